The summed E-state index contributed by atoms with van der Waals surface area (Å²) in [4.78, 5) is 17.2. The molecular weight excluding hydrogens is 470 g/mol. The number of aryl methyl sites for hydroxylation is 1. The van der Waals surface area contributed by atoms with Gasteiger partial charge in [-0.3, -0.25) is 4.79 Å². The second kappa shape index (κ2) is 12.6. The van der Waals surface area contributed by atoms with Gasteiger partial charge < -0.3 is 14.6 Å². The van der Waals surface area contributed by atoms with Crippen LogP contribution in [0.2, 0.25) is 5.02 Å². The average molecular weight is 504 g/mol. The molecule has 1 aromatic heterocycles. The minimum absolute atomic E-state index is 0.124. The first kappa shape index (κ1) is 25.8. The Labute approximate surface area is 218 Å². The van der Waals surface area contributed by atoms with E-state index in [0.717, 1.165) is 54.8 Å². The van der Waals surface area contributed by atoms with Crippen molar-refractivity contribution < 1.29 is 9.53 Å². The second-order valence-corrected chi connectivity index (χ2v) is 9.69. The number of carbonyl (C=O) groups is 1. The van der Waals surface area contributed by atoms with Gasteiger partial charge in [0.05, 0.1) is 28.2 Å². The van der Waals surface area contributed by atoms with E-state index < -0.39 is 0 Å². The highest BCUT2D eigenvalue weighted by Gasteiger charge is 2.11. The van der Waals surface area contributed by atoms with Crippen molar-refractivity contribution in [3.8, 4) is 5.75 Å². The van der Waals surface area contributed by atoms with E-state index >= 15 is 0 Å². The summed E-state index contributed by atoms with van der Waals surface area (Å²) in [5, 5.41) is 3.44. The number of ether oxygens (including phenoxy) is 1. The van der Waals surface area contributed by atoms with Gasteiger partial charge in [-0.05, 0) is 60.7 Å². The number of aromatic nitrogens is 2. The molecule has 1 amide bonds. The van der Waals surface area contributed by atoms with Crippen LogP contribution in [0, 0.1) is 0 Å². The first-order valence-corrected chi connectivity index (χ1v) is 13.1. The molecule has 0 atom stereocenters. The van der Waals surface area contributed by atoms with Gasteiger partial charge in [-0.2, -0.15) is 0 Å². The van der Waals surface area contributed by atoms with Gasteiger partial charge in [0.1, 0.15) is 18.2 Å². The van der Waals surface area contributed by atoms with Gasteiger partial charge >= 0.3 is 0 Å². The molecule has 0 bridgehead atoms. The summed E-state index contributed by atoms with van der Waals surface area (Å²) in [5.74, 6) is 2.36. The lowest BCUT2D eigenvalue weighted by molar-refractivity contribution is 0.0953. The highest BCUT2D eigenvalue weighted by molar-refractivity contribution is 6.33. The average Bonchev–Trinajstić information content (AvgIpc) is 3.24. The molecule has 6 heteroatoms. The van der Waals surface area contributed by atoms with Gasteiger partial charge in [-0.1, -0.05) is 68.3 Å². The van der Waals surface area contributed by atoms with Crippen LogP contribution in [0.1, 0.15) is 60.8 Å². The molecule has 0 saturated heterocycles. The lowest BCUT2D eigenvalue weighted by Gasteiger charge is -2.12. The van der Waals surface area contributed by atoms with Gasteiger partial charge in [0.15, 0.2) is 0 Å². The molecule has 4 aromatic rings. The summed E-state index contributed by atoms with van der Waals surface area (Å²) in [5.41, 5.74) is 3.98. The Kier molecular flexibility index (Phi) is 9.01. The maximum atomic E-state index is 12.3. The molecule has 0 fully saturated rings. The summed E-state index contributed by atoms with van der Waals surface area (Å²) in [7, 11) is 0. The highest BCUT2D eigenvalue weighted by Crippen LogP contribution is 2.21. The van der Waals surface area contributed by atoms with Crippen molar-refractivity contribution in [1.82, 2.24) is 14.9 Å². The number of carbonyl (C=O) groups excluding carboxylic acids is 1. The van der Waals surface area contributed by atoms with Gasteiger partial charge in [0.2, 0.25) is 0 Å². The number of benzene rings is 3. The highest BCUT2D eigenvalue weighted by atomic mass is 35.5. The molecule has 0 aliphatic rings. The monoisotopic (exact) mass is 503 g/mol. The number of rotatable bonds is 12. The predicted octanol–water partition coefficient (Wildman–Crippen LogP) is 7.03. The number of nitrogens with one attached hydrogen (secondary N) is 1. The Morgan fingerprint density at radius 3 is 2.50 bits per heavy atom. The van der Waals surface area contributed by atoms with Crippen LogP contribution in [0.15, 0.2) is 72.8 Å². The van der Waals surface area contributed by atoms with E-state index in [2.05, 4.69) is 54.1 Å². The van der Waals surface area contributed by atoms with Gasteiger partial charge in [0, 0.05) is 13.0 Å². The molecular formula is C30H34ClN3O2. The van der Waals surface area contributed by atoms with Crippen LogP contribution in [0.25, 0.3) is 11.0 Å². The topological polar surface area (TPSA) is 56.1 Å². The first-order valence-electron chi connectivity index (χ1n) is 12.7. The third kappa shape index (κ3) is 6.67. The summed E-state index contributed by atoms with van der Waals surface area (Å²) in [6.07, 6.45) is 3.80. The Hall–Kier alpha value is -3.31. The van der Waals surface area contributed by atoms with Crippen LogP contribution in [-0.4, -0.2) is 28.6 Å². The zero-order valence-electron chi connectivity index (χ0n) is 21.0. The minimum atomic E-state index is -0.124. The molecule has 1 heterocycles. The molecule has 0 aliphatic carbocycles. The zero-order chi connectivity index (χ0) is 25.3. The SMILES string of the molecule is CC(C)c1ccc(OCCn2c(CCCCCNC(=O)c3ccccc3Cl)nc3ccccc32)cc1. The molecule has 188 valence electrons. The molecule has 1 N–H and O–H groups in total. The predicted molar refractivity (Wildman–Crippen MR) is 147 cm³/mol. The van der Waals surface area contributed by atoms with Crippen LogP contribution in [0.3, 0.4) is 0 Å². The molecule has 5 nitrogen and oxygen atoms in total. The van der Waals surface area contributed by atoms with Gasteiger partial charge in [0.25, 0.3) is 5.91 Å². The first-order chi connectivity index (χ1) is 17.5. The lowest BCUT2D eigenvalue weighted by Crippen LogP contribution is -2.24. The number of para-hydroxylation sites is 2. The van der Waals surface area contributed by atoms with E-state index in [1.54, 1.807) is 12.1 Å². The standard InChI is InChI=1S/C30H34ClN3O2/c1-22(2)23-15-17-24(18-16-23)36-21-20-34-28-13-8-7-12-27(28)33-29(34)14-4-3-9-19-32-30(35)25-10-5-6-11-26(25)31/h5-8,10-13,15-18,22H,3-4,9,14,19-21H2,1-2H3,(H,32,35). The van der Waals surface area contributed by atoms with E-state index in [-0.39, 0.29) is 5.91 Å². The minimum Gasteiger partial charge on any atom is -0.492 e. The van der Waals surface area contributed by atoms with Crippen LogP contribution in [0.4, 0.5) is 0 Å². The lowest BCUT2D eigenvalue weighted by atomic mass is 10.0. The van der Waals surface area contributed by atoms with Crippen molar-refractivity contribution >= 4 is 28.5 Å². The maximum absolute atomic E-state index is 12.3. The number of hydrogen-bond donors (Lipinski definition) is 1. The van der Waals surface area contributed by atoms with Crippen molar-refractivity contribution in [2.24, 2.45) is 0 Å². The summed E-state index contributed by atoms with van der Waals surface area (Å²) >= 11 is 6.11. The fourth-order valence-electron chi connectivity index (χ4n) is 4.30. The van der Waals surface area contributed by atoms with E-state index in [4.69, 9.17) is 21.3 Å². The summed E-state index contributed by atoms with van der Waals surface area (Å²) in [6, 6.07) is 23.7. The number of imidazole rings is 1. The van der Waals surface area contributed by atoms with Crippen molar-refractivity contribution in [3.05, 3.63) is 94.8 Å². The molecule has 0 radical (unpaired) electrons. The molecule has 36 heavy (non-hydrogen) atoms. The number of fused-ring (bicyclic) bond motifs is 1. The third-order valence-corrected chi connectivity index (χ3v) is 6.67. The van der Waals surface area contributed by atoms with Crippen molar-refractivity contribution in [2.75, 3.05) is 13.2 Å². The summed E-state index contributed by atoms with van der Waals surface area (Å²) in [6.45, 7) is 6.35. The number of hydrogen-bond acceptors (Lipinski definition) is 3. The number of amides is 1. The number of unbranched alkanes of at least 4 members (excludes halogenated alkanes) is 2. The Morgan fingerprint density at radius 2 is 1.72 bits per heavy atom. The molecule has 0 spiro atoms. The Morgan fingerprint density at radius 1 is 0.972 bits per heavy atom. The van der Waals surface area contributed by atoms with Gasteiger partial charge in [-0.25, -0.2) is 4.98 Å². The van der Waals surface area contributed by atoms with E-state index in [9.17, 15) is 4.79 Å². The van der Waals surface area contributed by atoms with Crippen LogP contribution in [0.5, 0.6) is 5.75 Å². The molecule has 0 aliphatic heterocycles. The molecule has 0 saturated carbocycles. The van der Waals surface area contributed by atoms with Crippen LogP contribution < -0.4 is 10.1 Å². The third-order valence-electron chi connectivity index (χ3n) is 6.35. The van der Waals surface area contributed by atoms with Crippen molar-refractivity contribution in [2.45, 2.75) is 52.0 Å². The number of nitrogens with zero attached hydrogens (tertiary/aromatic N) is 2. The number of halogens is 1. The van der Waals surface area contributed by atoms with Crippen molar-refractivity contribution in [3.63, 3.8) is 0 Å². The smallest absolute Gasteiger partial charge is 0.252 e. The maximum Gasteiger partial charge on any atom is 0.252 e. The normalized spacial score (nSPS) is 11.2. The fraction of sp³-hybridized carbons (Fsp3) is 0.333. The quantitative estimate of drug-likeness (QED) is 0.211. The molecule has 3 aromatic carbocycles. The van der Waals surface area contributed by atoms with E-state index in [0.29, 0.717) is 29.7 Å². The van der Waals surface area contributed by atoms with E-state index in [1.807, 2.05) is 30.3 Å². The molecule has 0 unspecified atom stereocenters. The van der Waals surface area contributed by atoms with Crippen LogP contribution >= 0.6 is 11.6 Å². The van der Waals surface area contributed by atoms with Crippen LogP contribution in [-0.2, 0) is 13.0 Å². The Balaban J connectivity index is 1.27. The molecule has 4 rings (SSSR count). The zero-order valence-corrected chi connectivity index (χ0v) is 21.8. The second-order valence-electron chi connectivity index (χ2n) is 9.29. The fourth-order valence-corrected chi connectivity index (χ4v) is 4.52. The largest absolute Gasteiger partial charge is 0.492 e. The van der Waals surface area contributed by atoms with E-state index in [1.165, 1.54) is 5.56 Å². The van der Waals surface area contributed by atoms with Crippen molar-refractivity contribution in [1.29, 1.82) is 0 Å². The van der Waals surface area contributed by atoms with Gasteiger partial charge in [-0.15, -0.1) is 0 Å². The Bertz CT molecular complexity index is 1280. The summed E-state index contributed by atoms with van der Waals surface area (Å²) < 4.78 is 8.32.